The summed E-state index contributed by atoms with van der Waals surface area (Å²) < 4.78 is 2.19. The SMILES string of the molecule is CC(C)CN(CC(N)=O)Cc1nc2cc(Cl)ccc2n1Cc1ccccc1. The van der Waals surface area contributed by atoms with Crippen LogP contribution in [0.15, 0.2) is 48.5 Å². The van der Waals surface area contributed by atoms with Crippen LogP contribution >= 0.6 is 11.6 Å². The second-order valence-corrected chi connectivity index (χ2v) is 7.70. The molecule has 0 unspecified atom stereocenters. The number of fused-ring (bicyclic) bond motifs is 1. The zero-order valence-electron chi connectivity index (χ0n) is 15.7. The van der Waals surface area contributed by atoms with E-state index in [0.29, 0.717) is 24.0 Å². The molecule has 0 spiro atoms. The zero-order chi connectivity index (χ0) is 19.4. The Labute approximate surface area is 164 Å². The third kappa shape index (κ3) is 5.08. The topological polar surface area (TPSA) is 64.2 Å². The molecule has 0 saturated carbocycles. The molecule has 5 nitrogen and oxygen atoms in total. The van der Waals surface area contributed by atoms with Gasteiger partial charge in [0.1, 0.15) is 5.82 Å². The van der Waals surface area contributed by atoms with E-state index in [1.165, 1.54) is 5.56 Å². The minimum atomic E-state index is -0.329. The maximum Gasteiger partial charge on any atom is 0.231 e. The highest BCUT2D eigenvalue weighted by molar-refractivity contribution is 6.31. The molecule has 3 rings (SSSR count). The Morgan fingerprint density at radius 3 is 2.63 bits per heavy atom. The maximum absolute atomic E-state index is 11.5. The Hall–Kier alpha value is -2.37. The summed E-state index contributed by atoms with van der Waals surface area (Å²) in [7, 11) is 0. The standard InChI is InChI=1S/C21H25ClN4O/c1-15(2)11-25(13-20(23)27)14-21-24-18-10-17(22)8-9-19(18)26(21)12-16-6-4-3-5-7-16/h3-10,15H,11-14H2,1-2H3,(H2,23,27). The molecule has 6 heteroatoms. The van der Waals surface area contributed by atoms with E-state index >= 15 is 0 Å². The Morgan fingerprint density at radius 2 is 1.96 bits per heavy atom. The fourth-order valence-corrected chi connectivity index (χ4v) is 3.50. The first-order valence-corrected chi connectivity index (χ1v) is 9.49. The molecule has 0 aliphatic heterocycles. The van der Waals surface area contributed by atoms with Crippen LogP contribution in [0.5, 0.6) is 0 Å². The Morgan fingerprint density at radius 1 is 1.22 bits per heavy atom. The Kier molecular flexibility index (Phi) is 6.14. The van der Waals surface area contributed by atoms with E-state index in [0.717, 1.165) is 23.4 Å². The van der Waals surface area contributed by atoms with Gasteiger partial charge in [0.05, 0.1) is 24.1 Å². The molecule has 0 aliphatic carbocycles. The van der Waals surface area contributed by atoms with Crippen LogP contribution in [0.25, 0.3) is 11.0 Å². The minimum absolute atomic E-state index is 0.216. The summed E-state index contributed by atoms with van der Waals surface area (Å²) in [6, 6.07) is 16.0. The number of rotatable bonds is 8. The van der Waals surface area contributed by atoms with Crippen molar-refractivity contribution in [3.8, 4) is 0 Å². The second kappa shape index (κ2) is 8.55. The number of carbonyl (C=O) groups is 1. The summed E-state index contributed by atoms with van der Waals surface area (Å²) in [4.78, 5) is 18.4. The predicted molar refractivity (Wildman–Crippen MR) is 110 cm³/mol. The van der Waals surface area contributed by atoms with E-state index in [9.17, 15) is 4.79 Å². The highest BCUT2D eigenvalue weighted by Crippen LogP contribution is 2.23. The van der Waals surface area contributed by atoms with Crippen LogP contribution < -0.4 is 5.73 Å². The van der Waals surface area contributed by atoms with Crippen molar-refractivity contribution in [1.29, 1.82) is 0 Å². The van der Waals surface area contributed by atoms with Crippen LogP contribution in [-0.4, -0.2) is 33.4 Å². The van der Waals surface area contributed by atoms with E-state index < -0.39 is 0 Å². The second-order valence-electron chi connectivity index (χ2n) is 7.26. The molecule has 0 radical (unpaired) electrons. The lowest BCUT2D eigenvalue weighted by atomic mass is 10.2. The number of carbonyl (C=O) groups excluding carboxylic acids is 1. The van der Waals surface area contributed by atoms with Crippen LogP contribution in [0.2, 0.25) is 5.02 Å². The van der Waals surface area contributed by atoms with E-state index in [1.54, 1.807) is 0 Å². The summed E-state index contributed by atoms with van der Waals surface area (Å²) >= 11 is 6.16. The summed E-state index contributed by atoms with van der Waals surface area (Å²) in [6.45, 7) is 6.51. The molecule has 1 aromatic heterocycles. The number of imidazole rings is 1. The van der Waals surface area contributed by atoms with Crippen molar-refractivity contribution in [3.05, 3.63) is 64.9 Å². The number of amides is 1. The van der Waals surface area contributed by atoms with Gasteiger partial charge in [0.15, 0.2) is 0 Å². The largest absolute Gasteiger partial charge is 0.369 e. The van der Waals surface area contributed by atoms with Crippen molar-refractivity contribution in [2.75, 3.05) is 13.1 Å². The third-order valence-electron chi connectivity index (χ3n) is 4.34. The van der Waals surface area contributed by atoms with Gasteiger partial charge in [-0.2, -0.15) is 0 Å². The Balaban J connectivity index is 1.99. The van der Waals surface area contributed by atoms with Gasteiger partial charge in [-0.1, -0.05) is 55.8 Å². The molecule has 0 bridgehead atoms. The first-order valence-electron chi connectivity index (χ1n) is 9.11. The average molecular weight is 385 g/mol. The molecule has 1 heterocycles. The average Bonchev–Trinajstić information content (AvgIpc) is 2.91. The van der Waals surface area contributed by atoms with Crippen molar-refractivity contribution in [2.45, 2.75) is 26.9 Å². The molecular formula is C21H25ClN4O. The van der Waals surface area contributed by atoms with Gasteiger partial charge >= 0.3 is 0 Å². The van der Waals surface area contributed by atoms with E-state index in [-0.39, 0.29) is 12.5 Å². The van der Waals surface area contributed by atoms with Gasteiger partial charge in [-0.25, -0.2) is 4.98 Å². The molecule has 2 N–H and O–H groups in total. The van der Waals surface area contributed by atoms with Gasteiger partial charge in [-0.15, -0.1) is 0 Å². The predicted octanol–water partition coefficient (Wildman–Crippen LogP) is 3.68. The third-order valence-corrected chi connectivity index (χ3v) is 4.58. The van der Waals surface area contributed by atoms with E-state index in [4.69, 9.17) is 22.3 Å². The number of nitrogens with zero attached hydrogens (tertiary/aromatic N) is 3. The van der Waals surface area contributed by atoms with Crippen LogP contribution in [0.4, 0.5) is 0 Å². The first-order chi connectivity index (χ1) is 12.9. The number of nitrogens with two attached hydrogens (primary N) is 1. The van der Waals surface area contributed by atoms with Crippen LogP contribution in [0, 0.1) is 5.92 Å². The smallest absolute Gasteiger partial charge is 0.231 e. The fourth-order valence-electron chi connectivity index (χ4n) is 3.34. The molecule has 2 aromatic carbocycles. The molecule has 0 fully saturated rings. The molecular weight excluding hydrogens is 360 g/mol. The quantitative estimate of drug-likeness (QED) is 0.644. The summed E-state index contributed by atoms with van der Waals surface area (Å²) in [6.07, 6.45) is 0. The van der Waals surface area contributed by atoms with Gasteiger partial charge in [0, 0.05) is 18.1 Å². The molecule has 0 aliphatic rings. The monoisotopic (exact) mass is 384 g/mol. The number of aromatic nitrogens is 2. The van der Waals surface area contributed by atoms with E-state index in [1.807, 2.05) is 36.4 Å². The van der Waals surface area contributed by atoms with Gasteiger partial charge < -0.3 is 10.3 Å². The normalized spacial score (nSPS) is 11.6. The summed E-state index contributed by atoms with van der Waals surface area (Å²) in [5.41, 5.74) is 8.53. The minimum Gasteiger partial charge on any atom is -0.369 e. The summed E-state index contributed by atoms with van der Waals surface area (Å²) in [5, 5.41) is 0.662. The van der Waals surface area contributed by atoms with Crippen molar-refractivity contribution in [1.82, 2.24) is 14.5 Å². The van der Waals surface area contributed by atoms with Gasteiger partial charge in [0.2, 0.25) is 5.91 Å². The number of hydrogen-bond donors (Lipinski definition) is 1. The van der Waals surface area contributed by atoms with E-state index in [2.05, 4.69) is 35.4 Å². The molecule has 0 saturated heterocycles. The number of halogens is 1. The number of primary amides is 1. The van der Waals surface area contributed by atoms with Crippen molar-refractivity contribution < 1.29 is 4.79 Å². The molecule has 3 aromatic rings. The van der Waals surface area contributed by atoms with Crippen LogP contribution in [-0.2, 0) is 17.9 Å². The number of hydrogen-bond acceptors (Lipinski definition) is 3. The maximum atomic E-state index is 11.5. The molecule has 27 heavy (non-hydrogen) atoms. The van der Waals surface area contributed by atoms with Crippen LogP contribution in [0.1, 0.15) is 25.2 Å². The highest BCUT2D eigenvalue weighted by atomic mass is 35.5. The van der Waals surface area contributed by atoms with Gasteiger partial charge in [0.25, 0.3) is 0 Å². The highest BCUT2D eigenvalue weighted by Gasteiger charge is 2.17. The molecule has 0 atom stereocenters. The fraction of sp³-hybridized carbons (Fsp3) is 0.333. The Bertz CT molecular complexity index is 921. The summed E-state index contributed by atoms with van der Waals surface area (Å²) in [5.74, 6) is 0.994. The lowest BCUT2D eigenvalue weighted by Crippen LogP contribution is -2.36. The lowest BCUT2D eigenvalue weighted by Gasteiger charge is -2.23. The van der Waals surface area contributed by atoms with Crippen molar-refractivity contribution in [2.24, 2.45) is 11.7 Å². The first kappa shape index (κ1) is 19.4. The van der Waals surface area contributed by atoms with Crippen molar-refractivity contribution in [3.63, 3.8) is 0 Å². The van der Waals surface area contributed by atoms with Crippen molar-refractivity contribution >= 4 is 28.5 Å². The molecule has 142 valence electrons. The zero-order valence-corrected chi connectivity index (χ0v) is 16.5. The van der Waals surface area contributed by atoms with Crippen LogP contribution in [0.3, 0.4) is 0 Å². The number of benzene rings is 2. The van der Waals surface area contributed by atoms with Gasteiger partial charge in [-0.3, -0.25) is 9.69 Å². The molecule has 1 amide bonds. The van der Waals surface area contributed by atoms with Gasteiger partial charge in [-0.05, 0) is 29.7 Å². The lowest BCUT2D eigenvalue weighted by molar-refractivity contribution is -0.119.